The van der Waals surface area contributed by atoms with Crippen molar-refractivity contribution in [3.63, 3.8) is 0 Å². The molecule has 3 N–H and O–H groups in total. The normalized spacial score (nSPS) is 24.0. The number of aliphatic hydroxyl groups excluding tert-OH is 1. The summed E-state index contributed by atoms with van der Waals surface area (Å²) >= 11 is 0. The number of ether oxygens (including phenoxy) is 1. The summed E-state index contributed by atoms with van der Waals surface area (Å²) in [6.07, 6.45) is 1.23. The number of hydrogen-bond acceptors (Lipinski definition) is 5. The molecule has 6 nitrogen and oxygen atoms in total. The van der Waals surface area contributed by atoms with E-state index in [1.807, 2.05) is 27.7 Å². The topological polar surface area (TPSA) is 92.9 Å². The number of hydrogen-bond donors (Lipinski definition) is 2. The summed E-state index contributed by atoms with van der Waals surface area (Å²) in [5.41, 5.74) is 5.58. The number of carbonyl (C=O) groups is 2. The molecular formula is C15H28N2O4. The van der Waals surface area contributed by atoms with Crippen LogP contribution in [0.2, 0.25) is 0 Å². The molecule has 1 amide bonds. The van der Waals surface area contributed by atoms with Crippen LogP contribution in [-0.4, -0.2) is 53.2 Å². The van der Waals surface area contributed by atoms with Gasteiger partial charge in [-0.25, -0.2) is 4.79 Å². The molecule has 0 bridgehead atoms. The molecule has 122 valence electrons. The van der Waals surface area contributed by atoms with Crippen LogP contribution in [0.5, 0.6) is 0 Å². The molecule has 0 saturated carbocycles. The molecular weight excluding hydrogens is 272 g/mol. The van der Waals surface area contributed by atoms with Crippen molar-refractivity contribution in [2.24, 2.45) is 11.1 Å². The Balaban J connectivity index is 2.74. The predicted molar refractivity (Wildman–Crippen MR) is 79.4 cm³/mol. The van der Waals surface area contributed by atoms with Crippen molar-refractivity contribution in [3.8, 4) is 0 Å². The molecule has 0 aromatic carbocycles. The minimum Gasteiger partial charge on any atom is -0.464 e. The lowest BCUT2D eigenvalue weighted by atomic mass is 9.86. The van der Waals surface area contributed by atoms with Crippen LogP contribution < -0.4 is 5.73 Å². The van der Waals surface area contributed by atoms with E-state index in [-0.39, 0.29) is 18.9 Å². The fourth-order valence-corrected chi connectivity index (χ4v) is 2.24. The largest absolute Gasteiger partial charge is 0.464 e. The second-order valence-corrected chi connectivity index (χ2v) is 6.76. The van der Waals surface area contributed by atoms with Gasteiger partial charge < -0.3 is 20.5 Å². The Bertz CT molecular complexity index is 378. The number of unbranched alkanes of at least 4 members (excludes halogenated alkanes) is 1. The summed E-state index contributed by atoms with van der Waals surface area (Å²) in [6.45, 7) is 8.10. The maximum absolute atomic E-state index is 12.5. The van der Waals surface area contributed by atoms with E-state index >= 15 is 0 Å². The van der Waals surface area contributed by atoms with Crippen LogP contribution in [0.25, 0.3) is 0 Å². The van der Waals surface area contributed by atoms with Crippen molar-refractivity contribution >= 4 is 11.9 Å². The van der Waals surface area contributed by atoms with Crippen molar-refractivity contribution in [1.82, 2.24) is 4.90 Å². The van der Waals surface area contributed by atoms with Gasteiger partial charge in [0, 0.05) is 13.0 Å². The molecule has 1 rings (SSSR count). The van der Waals surface area contributed by atoms with Gasteiger partial charge in [-0.05, 0) is 11.8 Å². The molecule has 21 heavy (non-hydrogen) atoms. The lowest BCUT2D eigenvalue weighted by Gasteiger charge is -2.32. The first-order valence-electron chi connectivity index (χ1n) is 7.59. The fourth-order valence-electron chi connectivity index (χ4n) is 2.24. The van der Waals surface area contributed by atoms with Gasteiger partial charge in [0.15, 0.2) is 0 Å². The summed E-state index contributed by atoms with van der Waals surface area (Å²) in [7, 11) is 0. The highest BCUT2D eigenvalue weighted by Crippen LogP contribution is 2.25. The highest BCUT2D eigenvalue weighted by atomic mass is 16.5. The van der Waals surface area contributed by atoms with E-state index in [0.717, 1.165) is 12.8 Å². The molecule has 0 aromatic rings. The number of rotatable bonds is 5. The van der Waals surface area contributed by atoms with Gasteiger partial charge in [-0.15, -0.1) is 0 Å². The second kappa shape index (κ2) is 7.22. The number of aliphatic hydroxyl groups is 1. The summed E-state index contributed by atoms with van der Waals surface area (Å²) < 4.78 is 5.18. The Morgan fingerprint density at radius 2 is 2.05 bits per heavy atom. The minimum absolute atomic E-state index is 0.135. The zero-order valence-electron chi connectivity index (χ0n) is 13.5. The molecule has 1 fully saturated rings. The third-order valence-electron chi connectivity index (χ3n) is 3.78. The van der Waals surface area contributed by atoms with Crippen molar-refractivity contribution < 1.29 is 19.4 Å². The number of likely N-dealkylation sites (tertiary alicyclic amines) is 1. The molecule has 1 saturated heterocycles. The van der Waals surface area contributed by atoms with Crippen molar-refractivity contribution in [2.45, 2.75) is 65.1 Å². The number of esters is 1. The van der Waals surface area contributed by atoms with Crippen LogP contribution in [0.3, 0.4) is 0 Å². The average Bonchev–Trinajstić information content (AvgIpc) is 2.78. The van der Waals surface area contributed by atoms with Crippen LogP contribution in [0.4, 0.5) is 0 Å². The van der Waals surface area contributed by atoms with E-state index in [1.165, 1.54) is 4.90 Å². The summed E-state index contributed by atoms with van der Waals surface area (Å²) in [5, 5.41) is 9.78. The zero-order valence-corrected chi connectivity index (χ0v) is 13.5. The quantitative estimate of drug-likeness (QED) is 0.575. The SMILES string of the molecule is CCCCOC(=O)[C@@H]1C[C@@H](O)CN1C(=O)[C@@H](N)C(C)(C)C. The first-order valence-corrected chi connectivity index (χ1v) is 7.59. The van der Waals surface area contributed by atoms with Gasteiger partial charge in [0.05, 0.1) is 18.8 Å². The molecule has 1 aliphatic rings. The lowest BCUT2D eigenvalue weighted by molar-refractivity contribution is -0.154. The molecule has 0 aromatic heterocycles. The standard InChI is InChI=1S/C15H28N2O4/c1-5-6-7-21-14(20)11-8-10(18)9-17(11)13(19)12(16)15(2,3)4/h10-12,18H,5-9,16H2,1-4H3/t10-,11+,12-/m1/s1. The zero-order chi connectivity index (χ0) is 16.2. The first-order chi connectivity index (χ1) is 9.68. The number of carbonyl (C=O) groups excluding carboxylic acids is 2. The van der Waals surface area contributed by atoms with Crippen LogP contribution in [0, 0.1) is 5.41 Å². The van der Waals surface area contributed by atoms with E-state index in [9.17, 15) is 14.7 Å². The van der Waals surface area contributed by atoms with Gasteiger partial charge >= 0.3 is 5.97 Å². The Labute approximate surface area is 126 Å². The third kappa shape index (κ3) is 4.68. The maximum Gasteiger partial charge on any atom is 0.328 e. The molecule has 1 aliphatic heterocycles. The highest BCUT2D eigenvalue weighted by molar-refractivity contribution is 5.88. The predicted octanol–water partition coefficient (Wildman–Crippen LogP) is 0.665. The van der Waals surface area contributed by atoms with E-state index < -0.39 is 29.6 Å². The number of nitrogens with two attached hydrogens (primary N) is 1. The maximum atomic E-state index is 12.5. The van der Waals surface area contributed by atoms with Crippen molar-refractivity contribution in [1.29, 1.82) is 0 Å². The van der Waals surface area contributed by atoms with Crippen molar-refractivity contribution in [2.75, 3.05) is 13.2 Å². The van der Waals surface area contributed by atoms with Gasteiger partial charge in [0.25, 0.3) is 0 Å². The number of nitrogens with zero attached hydrogens (tertiary/aromatic N) is 1. The third-order valence-corrected chi connectivity index (χ3v) is 3.78. The van der Waals surface area contributed by atoms with E-state index in [4.69, 9.17) is 10.5 Å². The van der Waals surface area contributed by atoms with Crippen LogP contribution in [0.15, 0.2) is 0 Å². The highest BCUT2D eigenvalue weighted by Gasteiger charge is 2.43. The van der Waals surface area contributed by atoms with E-state index in [0.29, 0.717) is 6.61 Å². The molecule has 0 unspecified atom stereocenters. The number of β-amino-alcohol motifs (C(OH)–C–C–N with tert-alkyl or cyclic N) is 1. The van der Waals surface area contributed by atoms with Crippen LogP contribution in [0.1, 0.15) is 47.0 Å². The lowest BCUT2D eigenvalue weighted by Crippen LogP contribution is -2.53. The van der Waals surface area contributed by atoms with Crippen LogP contribution >= 0.6 is 0 Å². The molecule has 0 aliphatic carbocycles. The Kier molecular flexibility index (Phi) is 6.16. The summed E-state index contributed by atoms with van der Waals surface area (Å²) in [4.78, 5) is 25.9. The Hall–Kier alpha value is -1.14. The molecule has 6 heteroatoms. The Morgan fingerprint density at radius 3 is 2.57 bits per heavy atom. The molecule has 3 atom stereocenters. The summed E-state index contributed by atoms with van der Waals surface area (Å²) in [6, 6.07) is -1.44. The van der Waals surface area contributed by atoms with Gasteiger partial charge in [-0.1, -0.05) is 34.1 Å². The second-order valence-electron chi connectivity index (χ2n) is 6.76. The van der Waals surface area contributed by atoms with Crippen LogP contribution in [-0.2, 0) is 14.3 Å². The van der Waals surface area contributed by atoms with Gasteiger partial charge in [-0.3, -0.25) is 4.79 Å². The van der Waals surface area contributed by atoms with E-state index in [1.54, 1.807) is 0 Å². The van der Waals surface area contributed by atoms with Gasteiger partial charge in [-0.2, -0.15) is 0 Å². The fraction of sp³-hybridized carbons (Fsp3) is 0.867. The van der Waals surface area contributed by atoms with Gasteiger partial charge in [0.2, 0.25) is 5.91 Å². The molecule has 0 radical (unpaired) electrons. The minimum atomic E-state index is -0.724. The molecule has 1 heterocycles. The van der Waals surface area contributed by atoms with Gasteiger partial charge in [0.1, 0.15) is 6.04 Å². The Morgan fingerprint density at radius 1 is 1.43 bits per heavy atom. The average molecular weight is 300 g/mol. The number of amides is 1. The first kappa shape index (κ1) is 17.9. The molecule has 0 spiro atoms. The van der Waals surface area contributed by atoms with E-state index in [2.05, 4.69) is 0 Å². The summed E-state index contributed by atoms with van der Waals surface area (Å²) in [5.74, 6) is -0.758. The smallest absolute Gasteiger partial charge is 0.328 e. The monoisotopic (exact) mass is 300 g/mol. The van der Waals surface area contributed by atoms with Crippen molar-refractivity contribution in [3.05, 3.63) is 0 Å².